The lowest BCUT2D eigenvalue weighted by atomic mass is 10.2. The number of hydrogen-bond acceptors (Lipinski definition) is 5. The molecule has 0 spiro atoms. The molecule has 0 aliphatic rings. The van der Waals surface area contributed by atoms with Gasteiger partial charge >= 0.3 is 0 Å². The molecule has 31 heavy (non-hydrogen) atoms. The van der Waals surface area contributed by atoms with Crippen molar-refractivity contribution in [2.75, 3.05) is 25.9 Å². The zero-order valence-corrected chi connectivity index (χ0v) is 20.2. The molecular formula is C23H41FN6O. The van der Waals surface area contributed by atoms with Crippen molar-refractivity contribution >= 4 is 30.4 Å². The van der Waals surface area contributed by atoms with Crippen LogP contribution < -0.4 is 16.4 Å². The van der Waals surface area contributed by atoms with Crippen molar-refractivity contribution in [3.05, 3.63) is 42.0 Å². The van der Waals surface area contributed by atoms with E-state index in [1.54, 1.807) is 31.6 Å². The molecule has 0 heterocycles. The Morgan fingerprint density at radius 1 is 1.16 bits per heavy atom. The minimum Gasteiger partial charge on any atom is -0.399 e. The van der Waals surface area contributed by atoms with Crippen molar-refractivity contribution in [1.29, 1.82) is 0 Å². The van der Waals surface area contributed by atoms with Gasteiger partial charge in [-0.3, -0.25) is 9.79 Å². The summed E-state index contributed by atoms with van der Waals surface area (Å²) in [7, 11) is 1.89. The molecule has 4 N–H and O–H groups in total. The Morgan fingerprint density at radius 2 is 1.81 bits per heavy atom. The molecule has 176 valence electrons. The number of aliphatic imine (C=N–C) groups is 3. The fourth-order valence-corrected chi connectivity index (χ4v) is 1.43. The van der Waals surface area contributed by atoms with Crippen LogP contribution >= 0.6 is 0 Å². The number of carbonyl (C=O) groups excluding carboxylic acids is 1. The Balaban J connectivity index is -0.000000360. The number of anilines is 1. The van der Waals surface area contributed by atoms with Crippen LogP contribution in [0, 0.1) is 12.7 Å². The number of nitrogen functional groups attached to an aromatic ring is 1. The van der Waals surface area contributed by atoms with Crippen LogP contribution in [0.25, 0.3) is 0 Å². The van der Waals surface area contributed by atoms with E-state index in [2.05, 4.69) is 39.5 Å². The molecule has 0 saturated heterocycles. The van der Waals surface area contributed by atoms with E-state index in [9.17, 15) is 9.18 Å². The molecule has 1 amide bonds. The number of nitrogens with zero attached hydrogens (tertiary/aromatic N) is 3. The van der Waals surface area contributed by atoms with E-state index in [0.717, 1.165) is 37.2 Å². The summed E-state index contributed by atoms with van der Waals surface area (Å²) in [6, 6.07) is 4.32. The maximum absolute atomic E-state index is 12.3. The van der Waals surface area contributed by atoms with Crippen LogP contribution in [0.3, 0.4) is 0 Å². The SMILES string of the molecule is CC=NC=N/C=C/N=C(C)C.CCC.CNCCCNC=O.Cc1cc(F)ccc1N. The maximum atomic E-state index is 12.3. The number of benzene rings is 1. The molecule has 0 radical (unpaired) electrons. The number of rotatable bonds is 8. The van der Waals surface area contributed by atoms with Crippen LogP contribution in [-0.2, 0) is 4.79 Å². The summed E-state index contributed by atoms with van der Waals surface area (Å²) in [5, 5.41) is 5.53. The van der Waals surface area contributed by atoms with Crippen LogP contribution in [-0.4, -0.2) is 44.8 Å². The average Bonchev–Trinajstić information content (AvgIpc) is 2.72. The van der Waals surface area contributed by atoms with Crippen LogP contribution in [0.4, 0.5) is 10.1 Å². The number of aryl methyl sites for hydroxylation is 1. The largest absolute Gasteiger partial charge is 0.399 e. The fourth-order valence-electron chi connectivity index (χ4n) is 1.43. The second kappa shape index (κ2) is 27.1. The van der Waals surface area contributed by atoms with Gasteiger partial charge in [0.1, 0.15) is 12.2 Å². The topological polar surface area (TPSA) is 104 Å². The van der Waals surface area contributed by atoms with E-state index in [1.165, 1.54) is 24.9 Å². The molecule has 1 aromatic rings. The second-order valence-electron chi connectivity index (χ2n) is 6.28. The highest BCUT2D eigenvalue weighted by molar-refractivity contribution is 5.79. The highest BCUT2D eigenvalue weighted by Crippen LogP contribution is 2.10. The van der Waals surface area contributed by atoms with Crippen molar-refractivity contribution in [3.8, 4) is 0 Å². The van der Waals surface area contributed by atoms with Gasteiger partial charge in [-0.15, -0.1) is 0 Å². The van der Waals surface area contributed by atoms with E-state index in [0.29, 0.717) is 5.69 Å². The molecule has 1 rings (SSSR count). The summed E-state index contributed by atoms with van der Waals surface area (Å²) in [5.41, 5.74) is 7.85. The van der Waals surface area contributed by atoms with Gasteiger partial charge in [0.05, 0.1) is 0 Å². The van der Waals surface area contributed by atoms with E-state index in [4.69, 9.17) is 5.73 Å². The Bertz CT molecular complexity index is 653. The summed E-state index contributed by atoms with van der Waals surface area (Å²) < 4.78 is 12.3. The first kappa shape index (κ1) is 32.8. The smallest absolute Gasteiger partial charge is 0.207 e. The molecule has 8 heteroatoms. The fraction of sp³-hybridized carbons (Fsp3) is 0.478. The lowest BCUT2D eigenvalue weighted by Gasteiger charge is -1.96. The maximum Gasteiger partial charge on any atom is 0.207 e. The quantitative estimate of drug-likeness (QED) is 0.183. The van der Waals surface area contributed by atoms with Crippen molar-refractivity contribution < 1.29 is 9.18 Å². The lowest BCUT2D eigenvalue weighted by molar-refractivity contribution is -0.109. The number of nitrogens with one attached hydrogen (secondary N) is 2. The van der Waals surface area contributed by atoms with Crippen molar-refractivity contribution in [2.24, 2.45) is 15.0 Å². The van der Waals surface area contributed by atoms with Crippen LogP contribution in [0.2, 0.25) is 0 Å². The van der Waals surface area contributed by atoms with Gasteiger partial charge < -0.3 is 16.4 Å². The Morgan fingerprint density at radius 3 is 2.26 bits per heavy atom. The third-order valence-electron chi connectivity index (χ3n) is 2.83. The summed E-state index contributed by atoms with van der Waals surface area (Å²) in [6.07, 6.45) is 9.34. The molecule has 0 aliphatic heterocycles. The molecule has 0 saturated carbocycles. The minimum absolute atomic E-state index is 0.235. The third kappa shape index (κ3) is 32.0. The third-order valence-corrected chi connectivity index (χ3v) is 2.83. The predicted molar refractivity (Wildman–Crippen MR) is 135 cm³/mol. The normalized spacial score (nSPS) is 9.81. The highest BCUT2D eigenvalue weighted by Gasteiger charge is 1.92. The molecule has 0 aromatic heterocycles. The van der Waals surface area contributed by atoms with Crippen LogP contribution in [0.1, 0.15) is 53.0 Å². The zero-order valence-electron chi connectivity index (χ0n) is 20.2. The van der Waals surface area contributed by atoms with E-state index in [1.807, 2.05) is 27.8 Å². The minimum atomic E-state index is -0.235. The summed E-state index contributed by atoms with van der Waals surface area (Å²) in [6.45, 7) is 13.4. The van der Waals surface area contributed by atoms with Gasteiger partial charge in [-0.25, -0.2) is 14.4 Å². The first-order valence-corrected chi connectivity index (χ1v) is 10.3. The van der Waals surface area contributed by atoms with Crippen molar-refractivity contribution in [1.82, 2.24) is 10.6 Å². The van der Waals surface area contributed by atoms with E-state index in [-0.39, 0.29) is 5.82 Å². The highest BCUT2D eigenvalue weighted by atomic mass is 19.1. The Hall–Kier alpha value is -2.87. The molecular weight excluding hydrogens is 395 g/mol. The number of nitrogens with two attached hydrogens (primary N) is 1. The monoisotopic (exact) mass is 436 g/mol. The van der Waals surface area contributed by atoms with Gasteiger partial charge in [0, 0.05) is 36.6 Å². The second-order valence-corrected chi connectivity index (χ2v) is 6.28. The van der Waals surface area contributed by atoms with Gasteiger partial charge in [0.15, 0.2) is 0 Å². The summed E-state index contributed by atoms with van der Waals surface area (Å²) in [4.78, 5) is 21.2. The number of carbonyl (C=O) groups is 1. The Labute approximate surface area is 187 Å². The van der Waals surface area contributed by atoms with E-state index >= 15 is 0 Å². The molecule has 0 fully saturated rings. The summed E-state index contributed by atoms with van der Waals surface area (Å²) in [5.74, 6) is -0.235. The van der Waals surface area contributed by atoms with Gasteiger partial charge in [-0.05, 0) is 71.5 Å². The molecule has 0 atom stereocenters. The number of amides is 1. The van der Waals surface area contributed by atoms with Gasteiger partial charge in [-0.1, -0.05) is 20.3 Å². The first-order valence-electron chi connectivity index (χ1n) is 10.3. The number of hydrogen-bond donors (Lipinski definition) is 3. The first-order chi connectivity index (χ1) is 14.8. The molecule has 1 aromatic carbocycles. The molecule has 0 unspecified atom stereocenters. The molecule has 0 bridgehead atoms. The van der Waals surface area contributed by atoms with Gasteiger partial charge in [0.25, 0.3) is 0 Å². The molecule has 7 nitrogen and oxygen atoms in total. The van der Waals surface area contributed by atoms with Crippen LogP contribution in [0.5, 0.6) is 0 Å². The number of halogens is 1. The molecule has 0 aliphatic carbocycles. The van der Waals surface area contributed by atoms with E-state index < -0.39 is 0 Å². The standard InChI is InChI=1S/C8H13N3.C7H8FN.C5H12N2O.C3H8/c1-4-9-7-10-5-6-11-8(2)3;1-5-4-6(8)2-3-7(5)9;1-6-3-2-4-7-5-8;1-3-2/h4-7H,1-3H3;2-4H,9H2,1H3;5-6H,2-4H2,1H3,(H,7,8);3H2,1-2H3/b6-5+,9-4?,10-7?;;;. The van der Waals surface area contributed by atoms with Gasteiger partial charge in [-0.2, -0.15) is 0 Å². The zero-order chi connectivity index (χ0) is 24.3. The lowest BCUT2D eigenvalue weighted by Crippen LogP contribution is -2.17. The average molecular weight is 437 g/mol. The summed E-state index contributed by atoms with van der Waals surface area (Å²) >= 11 is 0. The van der Waals surface area contributed by atoms with Gasteiger partial charge in [0.2, 0.25) is 6.41 Å². The van der Waals surface area contributed by atoms with Crippen molar-refractivity contribution in [2.45, 2.75) is 54.4 Å². The van der Waals surface area contributed by atoms with Crippen molar-refractivity contribution in [3.63, 3.8) is 0 Å². The van der Waals surface area contributed by atoms with Crippen LogP contribution in [0.15, 0.2) is 45.6 Å². The Kier molecular flexibility index (Phi) is 28.7. The predicted octanol–water partition coefficient (Wildman–Crippen LogP) is 4.53.